The smallest absolute Gasteiger partial charge is 0.416 e. The molecule has 2 aromatic rings. The highest BCUT2D eigenvalue weighted by Gasteiger charge is 2.65. The summed E-state index contributed by atoms with van der Waals surface area (Å²) in [4.78, 5) is 24.5. The lowest BCUT2D eigenvalue weighted by atomic mass is 10.0. The molecule has 0 radical (unpaired) electrons. The molecule has 28 heavy (non-hydrogen) atoms. The number of ketones is 1. The number of halogens is 4. The molecule has 4 rings (SSSR count). The molecule has 0 saturated heterocycles. The van der Waals surface area contributed by atoms with Crippen LogP contribution in [0.4, 0.5) is 13.2 Å². The summed E-state index contributed by atoms with van der Waals surface area (Å²) in [6.07, 6.45) is -4.50. The van der Waals surface area contributed by atoms with Crippen LogP contribution in [0.15, 0.2) is 36.4 Å². The van der Waals surface area contributed by atoms with Crippen molar-refractivity contribution in [3.63, 3.8) is 0 Å². The van der Waals surface area contributed by atoms with E-state index >= 15 is 0 Å². The van der Waals surface area contributed by atoms with E-state index < -0.39 is 23.6 Å². The first-order valence-electron chi connectivity index (χ1n) is 8.61. The Morgan fingerprint density at radius 3 is 2.54 bits per heavy atom. The molecule has 3 atom stereocenters. The van der Waals surface area contributed by atoms with Gasteiger partial charge >= 0.3 is 12.1 Å². The molecule has 2 aromatic carbocycles. The van der Waals surface area contributed by atoms with Gasteiger partial charge in [-0.15, -0.1) is 0 Å². The van der Waals surface area contributed by atoms with E-state index in [1.54, 1.807) is 19.1 Å². The third kappa shape index (κ3) is 3.03. The lowest BCUT2D eigenvalue weighted by Crippen LogP contribution is -2.14. The van der Waals surface area contributed by atoms with Gasteiger partial charge < -0.3 is 9.47 Å². The maximum atomic E-state index is 12.7. The van der Waals surface area contributed by atoms with E-state index in [1.165, 1.54) is 6.07 Å². The average molecular weight is 411 g/mol. The van der Waals surface area contributed by atoms with Crippen molar-refractivity contribution in [1.82, 2.24) is 0 Å². The number of carbonyl (C=O) groups excluding carboxylic acids is 2. The monoisotopic (exact) mass is 410 g/mol. The Morgan fingerprint density at radius 1 is 1.14 bits per heavy atom. The number of carbonyl (C=O) groups is 2. The fourth-order valence-corrected chi connectivity index (χ4v) is 3.94. The van der Waals surface area contributed by atoms with Crippen molar-refractivity contribution in [3.05, 3.63) is 58.1 Å². The van der Waals surface area contributed by atoms with Gasteiger partial charge in [0.25, 0.3) is 0 Å². The number of hydrogen-bond donors (Lipinski definition) is 0. The van der Waals surface area contributed by atoms with Crippen LogP contribution in [-0.2, 0) is 15.7 Å². The predicted octanol–water partition coefficient (Wildman–Crippen LogP) is 5.24. The van der Waals surface area contributed by atoms with Gasteiger partial charge in [-0.2, -0.15) is 13.2 Å². The van der Waals surface area contributed by atoms with Gasteiger partial charge in [0.1, 0.15) is 11.5 Å². The summed E-state index contributed by atoms with van der Waals surface area (Å²) < 4.78 is 48.8. The second-order valence-corrected chi connectivity index (χ2v) is 7.09. The molecule has 146 valence electrons. The highest BCUT2D eigenvalue weighted by molar-refractivity contribution is 6.32. The van der Waals surface area contributed by atoms with Crippen LogP contribution in [0.2, 0.25) is 5.02 Å². The second kappa shape index (κ2) is 6.51. The third-order valence-corrected chi connectivity index (χ3v) is 5.31. The average Bonchev–Trinajstić information content (AvgIpc) is 3.31. The van der Waals surface area contributed by atoms with Crippen molar-refractivity contribution in [2.24, 2.45) is 11.8 Å². The van der Waals surface area contributed by atoms with Crippen LogP contribution in [0.1, 0.15) is 34.3 Å². The molecular formula is C20H14ClF3O4. The minimum Gasteiger partial charge on any atom is -0.466 e. The number of fused-ring (bicyclic) bond motifs is 3. The molecular weight excluding hydrogens is 397 g/mol. The Labute approximate surface area is 163 Å². The fourth-order valence-electron chi connectivity index (χ4n) is 3.73. The summed E-state index contributed by atoms with van der Waals surface area (Å²) in [7, 11) is 0. The van der Waals surface area contributed by atoms with Gasteiger partial charge in [-0.1, -0.05) is 17.7 Å². The number of hydrogen-bond acceptors (Lipinski definition) is 4. The Kier molecular flexibility index (Phi) is 4.38. The SMILES string of the molecule is CCOC(=O)C1C2C(=O)c3cc(Oc4ccc(C(F)(F)F)cc4Cl)ccc3C12. The van der Waals surface area contributed by atoms with Gasteiger partial charge in [-0.25, -0.2) is 0 Å². The molecule has 4 nitrogen and oxygen atoms in total. The lowest BCUT2D eigenvalue weighted by Gasteiger charge is -2.13. The quantitative estimate of drug-likeness (QED) is 0.647. The Hall–Kier alpha value is -2.54. The number of Topliss-reactive ketones (excluding diaryl/α,β-unsaturated/α-hetero) is 1. The largest absolute Gasteiger partial charge is 0.466 e. The Balaban J connectivity index is 1.55. The van der Waals surface area contributed by atoms with E-state index in [1.807, 2.05) is 0 Å². The van der Waals surface area contributed by atoms with Crippen LogP contribution in [0.5, 0.6) is 11.5 Å². The van der Waals surface area contributed by atoms with E-state index in [2.05, 4.69) is 0 Å². The molecule has 3 unspecified atom stereocenters. The van der Waals surface area contributed by atoms with Crippen molar-refractivity contribution in [2.75, 3.05) is 6.61 Å². The van der Waals surface area contributed by atoms with E-state index in [0.717, 1.165) is 23.8 Å². The predicted molar refractivity (Wildman–Crippen MR) is 93.7 cm³/mol. The number of rotatable bonds is 4. The summed E-state index contributed by atoms with van der Waals surface area (Å²) in [6, 6.07) is 7.62. The highest BCUT2D eigenvalue weighted by Crippen LogP contribution is 2.62. The van der Waals surface area contributed by atoms with Crippen molar-refractivity contribution < 1.29 is 32.2 Å². The first-order valence-corrected chi connectivity index (χ1v) is 8.99. The summed E-state index contributed by atoms with van der Waals surface area (Å²) in [5.41, 5.74) is 0.342. The molecule has 0 N–H and O–H groups in total. The van der Waals surface area contributed by atoms with Crippen LogP contribution in [-0.4, -0.2) is 18.4 Å². The molecule has 0 amide bonds. The zero-order valence-corrected chi connectivity index (χ0v) is 15.3. The molecule has 0 bridgehead atoms. The number of alkyl halides is 3. The molecule has 2 aliphatic rings. The van der Waals surface area contributed by atoms with Gasteiger partial charge in [0, 0.05) is 17.4 Å². The van der Waals surface area contributed by atoms with Gasteiger partial charge in [-0.05, 0) is 42.8 Å². The van der Waals surface area contributed by atoms with Crippen LogP contribution in [0.25, 0.3) is 0 Å². The standard InChI is InChI=1S/C20H14ClF3O4/c1-2-27-19(26)17-15-11-5-4-10(8-12(11)18(25)16(15)17)28-14-6-3-9(7-13(14)21)20(22,23)24/h3-8,15-17H,2H2,1H3. The summed E-state index contributed by atoms with van der Waals surface area (Å²) in [6.45, 7) is 1.97. The fraction of sp³-hybridized carbons (Fsp3) is 0.300. The molecule has 2 aliphatic carbocycles. The Morgan fingerprint density at radius 2 is 1.89 bits per heavy atom. The molecule has 0 aliphatic heterocycles. The zero-order valence-electron chi connectivity index (χ0n) is 14.5. The first kappa shape index (κ1) is 18.8. The van der Waals surface area contributed by atoms with Crippen molar-refractivity contribution in [1.29, 1.82) is 0 Å². The maximum Gasteiger partial charge on any atom is 0.416 e. The lowest BCUT2D eigenvalue weighted by molar-refractivity contribution is -0.145. The van der Waals surface area contributed by atoms with Gasteiger partial charge in [0.15, 0.2) is 5.78 Å². The molecule has 1 saturated carbocycles. The first-order chi connectivity index (χ1) is 13.2. The van der Waals surface area contributed by atoms with Crippen molar-refractivity contribution in [2.45, 2.75) is 19.0 Å². The normalized spacial score (nSPS) is 22.5. The van der Waals surface area contributed by atoms with E-state index in [0.29, 0.717) is 5.56 Å². The van der Waals surface area contributed by atoms with Crippen LogP contribution >= 0.6 is 11.6 Å². The molecule has 1 fully saturated rings. The van der Waals surface area contributed by atoms with Crippen LogP contribution < -0.4 is 4.74 Å². The maximum absolute atomic E-state index is 12.7. The van der Waals surface area contributed by atoms with Crippen LogP contribution in [0, 0.1) is 11.8 Å². The number of ether oxygens (including phenoxy) is 2. The molecule has 8 heteroatoms. The molecule has 0 aromatic heterocycles. The molecule has 0 spiro atoms. The van der Waals surface area contributed by atoms with Crippen molar-refractivity contribution in [3.8, 4) is 11.5 Å². The van der Waals surface area contributed by atoms with Gasteiger partial charge in [-0.3, -0.25) is 9.59 Å². The summed E-state index contributed by atoms with van der Waals surface area (Å²) in [5, 5.41) is -0.188. The van der Waals surface area contributed by atoms with Crippen LogP contribution in [0.3, 0.4) is 0 Å². The van der Waals surface area contributed by atoms with Crippen molar-refractivity contribution >= 4 is 23.4 Å². The minimum atomic E-state index is -4.50. The summed E-state index contributed by atoms with van der Waals surface area (Å²) >= 11 is 5.90. The number of benzene rings is 2. The van der Waals surface area contributed by atoms with E-state index in [9.17, 15) is 22.8 Å². The zero-order chi connectivity index (χ0) is 20.2. The second-order valence-electron chi connectivity index (χ2n) is 6.69. The van der Waals surface area contributed by atoms with E-state index in [4.69, 9.17) is 21.1 Å². The van der Waals surface area contributed by atoms with Gasteiger partial charge in [0.05, 0.1) is 23.1 Å². The number of esters is 1. The highest BCUT2D eigenvalue weighted by atomic mass is 35.5. The third-order valence-electron chi connectivity index (χ3n) is 5.02. The Bertz CT molecular complexity index is 986. The minimum absolute atomic E-state index is 0.0506. The van der Waals surface area contributed by atoms with Gasteiger partial charge in [0.2, 0.25) is 0 Å². The summed E-state index contributed by atoms with van der Waals surface area (Å²) in [5.74, 6) is -1.20. The van der Waals surface area contributed by atoms with E-state index in [-0.39, 0.29) is 40.8 Å². The topological polar surface area (TPSA) is 52.6 Å². The molecule has 0 heterocycles.